The molecule has 1 aliphatic carbocycles. The lowest BCUT2D eigenvalue weighted by Gasteiger charge is -2.29. The molecule has 10 aromatic carbocycles. The van der Waals surface area contributed by atoms with Crippen molar-refractivity contribution >= 4 is 49.8 Å². The lowest BCUT2D eigenvalue weighted by Crippen LogP contribution is -2.22. The van der Waals surface area contributed by atoms with Crippen molar-refractivity contribution in [3.05, 3.63) is 247 Å². The molecule has 0 fully saturated rings. The second kappa shape index (κ2) is 14.4. The van der Waals surface area contributed by atoms with Crippen molar-refractivity contribution in [3.63, 3.8) is 0 Å². The molecule has 0 aliphatic heterocycles. The zero-order valence-corrected chi connectivity index (χ0v) is 34.3. The van der Waals surface area contributed by atoms with E-state index in [9.17, 15) is 0 Å². The Morgan fingerprint density at radius 1 is 0.387 bits per heavy atom. The fourth-order valence-electron chi connectivity index (χ4n) is 10.3. The third-order valence-electron chi connectivity index (χ3n) is 13.2. The van der Waals surface area contributed by atoms with Crippen LogP contribution >= 0.6 is 0 Å². The molecule has 1 aliphatic rings. The highest BCUT2D eigenvalue weighted by Gasteiger charge is 2.41. The predicted octanol–water partition coefficient (Wildman–Crippen LogP) is 16.5. The maximum absolute atomic E-state index is 6.35. The van der Waals surface area contributed by atoms with E-state index in [0.717, 1.165) is 44.6 Å². The van der Waals surface area contributed by atoms with Crippen molar-refractivity contribution in [2.24, 2.45) is 0 Å². The summed E-state index contributed by atoms with van der Waals surface area (Å²) in [5, 5.41) is 4.64. The Hall–Kier alpha value is -7.94. The van der Waals surface area contributed by atoms with Crippen molar-refractivity contribution in [2.45, 2.75) is 12.3 Å². The largest absolute Gasteiger partial charge is 0.456 e. The number of nitrogens with zero attached hydrogens (tertiary/aromatic N) is 1. The molecule has 0 bridgehead atoms. The number of rotatable bonds is 7. The van der Waals surface area contributed by atoms with Gasteiger partial charge >= 0.3 is 0 Å². The van der Waals surface area contributed by atoms with Crippen LogP contribution in [0.2, 0.25) is 0 Å². The van der Waals surface area contributed by atoms with E-state index < -0.39 is 0 Å². The first-order valence-corrected chi connectivity index (χ1v) is 21.4. The molecule has 1 unspecified atom stereocenters. The molecule has 0 N–H and O–H groups in total. The molecule has 12 rings (SSSR count). The van der Waals surface area contributed by atoms with Gasteiger partial charge in [-0.3, -0.25) is 0 Å². The molecular formula is C60H41NO. The van der Waals surface area contributed by atoms with Crippen LogP contribution in [0.15, 0.2) is 235 Å². The molecule has 1 heterocycles. The monoisotopic (exact) mass is 791 g/mol. The second-order valence-corrected chi connectivity index (χ2v) is 16.5. The third kappa shape index (κ3) is 5.57. The average molecular weight is 792 g/mol. The van der Waals surface area contributed by atoms with E-state index in [1.54, 1.807) is 0 Å². The Balaban J connectivity index is 1.05. The summed E-state index contributed by atoms with van der Waals surface area (Å²) in [6.07, 6.45) is 0. The lowest BCUT2D eigenvalue weighted by molar-refractivity contribution is 0.669. The fraction of sp³-hybridized carbons (Fsp3) is 0.0333. The first-order valence-electron chi connectivity index (χ1n) is 21.4. The summed E-state index contributed by atoms with van der Waals surface area (Å²) in [4.78, 5) is 2.42. The minimum absolute atomic E-state index is 0.262. The summed E-state index contributed by atoms with van der Waals surface area (Å²) in [5.41, 5.74) is 18.5. The van der Waals surface area contributed by atoms with Crippen LogP contribution in [0.5, 0.6) is 0 Å². The van der Waals surface area contributed by atoms with Crippen LogP contribution in [0.25, 0.3) is 77.2 Å². The maximum Gasteiger partial charge on any atom is 0.135 e. The molecule has 11 aromatic rings. The highest BCUT2D eigenvalue weighted by molar-refractivity contribution is 6.10. The summed E-state index contributed by atoms with van der Waals surface area (Å²) in [7, 11) is 0. The van der Waals surface area contributed by atoms with Crippen LogP contribution in [-0.2, 0) is 5.41 Å². The first kappa shape index (κ1) is 36.0. The standard InChI is InChI=1S/C60H41NO/c1-60(43-21-6-3-7-22-43)53-29-11-8-25-51(53)59-47(27-16-30-54(59)60)41-33-35-44(36-34-41)61(45-37-38-57-52(39-45)49-24-10-13-32-56(49)62-57)55-31-12-9-23-48(55)50-28-15-20-42-19-14-26-46(58(42)50)40-17-4-2-5-18-40/h2-39H,1H3. The molecule has 1 aromatic heterocycles. The molecule has 0 radical (unpaired) electrons. The molecule has 0 spiro atoms. The van der Waals surface area contributed by atoms with Crippen LogP contribution in [0.3, 0.4) is 0 Å². The van der Waals surface area contributed by atoms with E-state index in [2.05, 4.69) is 230 Å². The zero-order valence-electron chi connectivity index (χ0n) is 34.3. The van der Waals surface area contributed by atoms with Gasteiger partial charge in [0.2, 0.25) is 0 Å². The van der Waals surface area contributed by atoms with Crippen LogP contribution in [0.4, 0.5) is 17.1 Å². The van der Waals surface area contributed by atoms with Gasteiger partial charge in [0.05, 0.1) is 5.69 Å². The molecular weight excluding hydrogens is 751 g/mol. The van der Waals surface area contributed by atoms with Crippen LogP contribution in [-0.4, -0.2) is 0 Å². The number of furan rings is 1. The Morgan fingerprint density at radius 3 is 1.79 bits per heavy atom. The quantitative estimate of drug-likeness (QED) is 0.160. The summed E-state index contributed by atoms with van der Waals surface area (Å²) in [6, 6.07) is 83.8. The van der Waals surface area contributed by atoms with Gasteiger partial charge < -0.3 is 9.32 Å². The van der Waals surface area contributed by atoms with Gasteiger partial charge in [-0.05, 0) is 116 Å². The van der Waals surface area contributed by atoms with Gasteiger partial charge in [-0.25, -0.2) is 0 Å². The topological polar surface area (TPSA) is 16.4 Å². The smallest absolute Gasteiger partial charge is 0.135 e. The number of benzene rings is 10. The van der Waals surface area contributed by atoms with Gasteiger partial charge in [0.25, 0.3) is 0 Å². The second-order valence-electron chi connectivity index (χ2n) is 16.5. The Morgan fingerprint density at radius 2 is 0.968 bits per heavy atom. The molecule has 0 saturated heterocycles. The van der Waals surface area contributed by atoms with E-state index in [0.29, 0.717) is 0 Å². The van der Waals surface area contributed by atoms with Gasteiger partial charge in [0.15, 0.2) is 0 Å². The Labute approximate surface area is 361 Å². The number of hydrogen-bond donors (Lipinski definition) is 0. The molecule has 0 amide bonds. The van der Waals surface area contributed by atoms with Crippen LogP contribution in [0, 0.1) is 0 Å². The van der Waals surface area contributed by atoms with Crippen molar-refractivity contribution in [1.29, 1.82) is 0 Å². The van der Waals surface area contributed by atoms with Gasteiger partial charge in [-0.15, -0.1) is 0 Å². The Kier molecular flexibility index (Phi) is 8.33. The van der Waals surface area contributed by atoms with Gasteiger partial charge in [0.1, 0.15) is 11.2 Å². The minimum atomic E-state index is -0.262. The van der Waals surface area contributed by atoms with E-state index in [4.69, 9.17) is 4.42 Å². The summed E-state index contributed by atoms with van der Waals surface area (Å²) in [5.74, 6) is 0. The van der Waals surface area contributed by atoms with Crippen molar-refractivity contribution < 1.29 is 4.42 Å². The SMILES string of the molecule is CC1(c2ccccc2)c2ccccc2-c2c(-c3ccc(N(c4ccc5oc6ccccc6c5c4)c4ccccc4-c4cccc5cccc(-c6ccccc6)c45)cc3)cccc21. The van der Waals surface area contributed by atoms with E-state index in [-0.39, 0.29) is 5.41 Å². The molecule has 0 saturated carbocycles. The normalized spacial score (nSPS) is 14.3. The highest BCUT2D eigenvalue weighted by Crippen LogP contribution is 2.55. The van der Waals surface area contributed by atoms with E-state index >= 15 is 0 Å². The molecule has 292 valence electrons. The lowest BCUT2D eigenvalue weighted by atomic mass is 9.74. The van der Waals surface area contributed by atoms with Gasteiger partial charge in [-0.2, -0.15) is 0 Å². The predicted molar refractivity (Wildman–Crippen MR) is 260 cm³/mol. The summed E-state index contributed by atoms with van der Waals surface area (Å²) < 4.78 is 6.35. The van der Waals surface area contributed by atoms with Crippen LogP contribution < -0.4 is 4.90 Å². The van der Waals surface area contributed by atoms with Crippen molar-refractivity contribution in [1.82, 2.24) is 0 Å². The number of hydrogen-bond acceptors (Lipinski definition) is 2. The zero-order chi connectivity index (χ0) is 41.2. The van der Waals surface area contributed by atoms with E-state index in [1.165, 1.54) is 66.4 Å². The Bertz CT molecular complexity index is 3470. The van der Waals surface area contributed by atoms with Gasteiger partial charge in [-0.1, -0.05) is 188 Å². The summed E-state index contributed by atoms with van der Waals surface area (Å²) >= 11 is 0. The molecule has 2 heteroatoms. The first-order chi connectivity index (χ1) is 30.6. The summed E-state index contributed by atoms with van der Waals surface area (Å²) in [6.45, 7) is 2.38. The molecule has 1 atom stereocenters. The average Bonchev–Trinajstić information content (AvgIpc) is 3.85. The molecule has 62 heavy (non-hydrogen) atoms. The highest BCUT2D eigenvalue weighted by atomic mass is 16.3. The van der Waals surface area contributed by atoms with Crippen molar-refractivity contribution in [3.8, 4) is 44.5 Å². The van der Waals surface area contributed by atoms with E-state index in [1.807, 2.05) is 12.1 Å². The number of anilines is 3. The number of para-hydroxylation sites is 2. The fourth-order valence-corrected chi connectivity index (χ4v) is 10.3. The number of fused-ring (bicyclic) bond motifs is 7. The minimum Gasteiger partial charge on any atom is -0.456 e. The van der Waals surface area contributed by atoms with Crippen molar-refractivity contribution in [2.75, 3.05) is 4.90 Å². The maximum atomic E-state index is 6.35. The third-order valence-corrected chi connectivity index (χ3v) is 13.2. The van der Waals surface area contributed by atoms with Crippen LogP contribution in [0.1, 0.15) is 23.6 Å². The molecule has 2 nitrogen and oxygen atoms in total. The van der Waals surface area contributed by atoms with Gasteiger partial charge in [0, 0.05) is 33.1 Å².